The van der Waals surface area contributed by atoms with Crippen LogP contribution in [0.5, 0.6) is 0 Å². The van der Waals surface area contributed by atoms with Crippen molar-refractivity contribution in [3.05, 3.63) is 29.6 Å². The molecule has 0 radical (unpaired) electrons. The average molecular weight is 222 g/mol. The quantitative estimate of drug-likeness (QED) is 0.803. The lowest BCUT2D eigenvalue weighted by Gasteiger charge is -2.36. The number of nitrogens with one attached hydrogen (secondary N) is 1. The lowest BCUT2D eigenvalue weighted by Crippen LogP contribution is -2.56. The summed E-state index contributed by atoms with van der Waals surface area (Å²) in [7, 11) is 0. The minimum atomic E-state index is -0.751. The van der Waals surface area contributed by atoms with Crippen LogP contribution in [-0.2, 0) is 4.79 Å². The highest BCUT2D eigenvalue weighted by molar-refractivity contribution is 5.99. The summed E-state index contributed by atoms with van der Waals surface area (Å²) >= 11 is 0. The predicted octanol–water partition coefficient (Wildman–Crippen LogP) is 1.95. The summed E-state index contributed by atoms with van der Waals surface area (Å²) in [6.45, 7) is 1.82. The lowest BCUT2D eigenvalue weighted by molar-refractivity contribution is -0.123. The van der Waals surface area contributed by atoms with Gasteiger partial charge >= 0.3 is 0 Å². The van der Waals surface area contributed by atoms with E-state index in [1.165, 1.54) is 12.1 Å². The first-order chi connectivity index (χ1) is 7.51. The van der Waals surface area contributed by atoms with E-state index in [1.54, 1.807) is 6.07 Å². The van der Waals surface area contributed by atoms with E-state index < -0.39 is 5.54 Å². The fourth-order valence-electron chi connectivity index (χ4n) is 1.76. The van der Waals surface area contributed by atoms with E-state index in [4.69, 9.17) is 5.73 Å². The molecule has 1 amide bonds. The smallest absolute Gasteiger partial charge is 0.244 e. The van der Waals surface area contributed by atoms with Gasteiger partial charge in [-0.1, -0.05) is 6.07 Å². The van der Waals surface area contributed by atoms with E-state index in [9.17, 15) is 9.18 Å². The number of benzene rings is 1. The number of nitrogens with two attached hydrogens (primary N) is 1. The van der Waals surface area contributed by atoms with Gasteiger partial charge in [-0.2, -0.15) is 0 Å². The van der Waals surface area contributed by atoms with Crippen LogP contribution in [-0.4, -0.2) is 11.4 Å². The van der Waals surface area contributed by atoms with E-state index in [0.717, 1.165) is 12.0 Å². The summed E-state index contributed by atoms with van der Waals surface area (Å²) < 4.78 is 13.0. The third-order valence-electron chi connectivity index (χ3n) is 3.15. The number of amides is 1. The first-order valence-corrected chi connectivity index (χ1v) is 5.38. The second-order valence-corrected chi connectivity index (χ2v) is 4.42. The maximum absolute atomic E-state index is 13.0. The zero-order valence-electron chi connectivity index (χ0n) is 9.22. The van der Waals surface area contributed by atoms with Crippen LogP contribution in [0.15, 0.2) is 18.2 Å². The Morgan fingerprint density at radius 2 is 2.19 bits per heavy atom. The van der Waals surface area contributed by atoms with Crippen molar-refractivity contribution in [2.24, 2.45) is 5.73 Å². The average Bonchev–Trinajstić information content (AvgIpc) is 2.20. The van der Waals surface area contributed by atoms with Crippen molar-refractivity contribution in [1.29, 1.82) is 0 Å². The summed E-state index contributed by atoms with van der Waals surface area (Å²) in [5, 5.41) is 2.69. The molecule has 0 aromatic heterocycles. The van der Waals surface area contributed by atoms with Gasteiger partial charge in [0.15, 0.2) is 0 Å². The van der Waals surface area contributed by atoms with Gasteiger partial charge in [0.2, 0.25) is 5.91 Å². The van der Waals surface area contributed by atoms with Crippen LogP contribution in [0.1, 0.15) is 24.8 Å². The molecule has 2 rings (SSSR count). The molecule has 1 saturated carbocycles. The van der Waals surface area contributed by atoms with Crippen molar-refractivity contribution < 1.29 is 9.18 Å². The number of hydrogen-bond acceptors (Lipinski definition) is 2. The molecule has 0 saturated heterocycles. The minimum Gasteiger partial charge on any atom is -0.324 e. The molecular weight excluding hydrogens is 207 g/mol. The summed E-state index contributed by atoms with van der Waals surface area (Å²) in [5.74, 6) is -0.576. The highest BCUT2D eigenvalue weighted by atomic mass is 19.1. The van der Waals surface area contributed by atoms with E-state index in [0.29, 0.717) is 18.5 Å². The molecule has 0 aliphatic heterocycles. The highest BCUT2D eigenvalue weighted by Crippen LogP contribution is 2.30. The summed E-state index contributed by atoms with van der Waals surface area (Å²) in [6.07, 6.45) is 2.38. The monoisotopic (exact) mass is 222 g/mol. The topological polar surface area (TPSA) is 55.1 Å². The lowest BCUT2D eigenvalue weighted by atomic mass is 9.77. The van der Waals surface area contributed by atoms with E-state index in [2.05, 4.69) is 5.32 Å². The SMILES string of the molecule is Cc1ccc(F)cc1NC(=O)C1(N)CCC1. The fourth-order valence-corrected chi connectivity index (χ4v) is 1.76. The molecule has 1 aliphatic carbocycles. The van der Waals surface area contributed by atoms with Gasteiger partial charge in [0.1, 0.15) is 5.82 Å². The second-order valence-electron chi connectivity index (χ2n) is 4.42. The molecule has 0 unspecified atom stereocenters. The van der Waals surface area contributed by atoms with E-state index >= 15 is 0 Å². The highest BCUT2D eigenvalue weighted by Gasteiger charge is 2.40. The molecule has 1 aliphatic rings. The van der Waals surface area contributed by atoms with Gasteiger partial charge in [0.05, 0.1) is 5.54 Å². The number of hydrogen-bond donors (Lipinski definition) is 2. The Labute approximate surface area is 93.8 Å². The molecule has 0 heterocycles. The Morgan fingerprint density at radius 1 is 1.50 bits per heavy atom. The molecule has 0 bridgehead atoms. The molecule has 3 nitrogen and oxygen atoms in total. The second kappa shape index (κ2) is 3.87. The van der Waals surface area contributed by atoms with Crippen molar-refractivity contribution in [2.75, 3.05) is 5.32 Å². The molecule has 4 heteroatoms. The zero-order valence-corrected chi connectivity index (χ0v) is 9.22. The molecule has 3 N–H and O–H groups in total. The molecule has 86 valence electrons. The van der Waals surface area contributed by atoms with Gasteiger partial charge in [-0.15, -0.1) is 0 Å². The van der Waals surface area contributed by atoms with Gasteiger partial charge in [0, 0.05) is 5.69 Å². The van der Waals surface area contributed by atoms with Crippen LogP contribution >= 0.6 is 0 Å². The van der Waals surface area contributed by atoms with Crippen LogP contribution in [0.2, 0.25) is 0 Å². The van der Waals surface area contributed by atoms with E-state index in [1.807, 2.05) is 6.92 Å². The number of carbonyl (C=O) groups is 1. The summed E-state index contributed by atoms with van der Waals surface area (Å²) in [5.41, 5.74) is 6.46. The van der Waals surface area contributed by atoms with Crippen molar-refractivity contribution in [3.63, 3.8) is 0 Å². The first-order valence-electron chi connectivity index (χ1n) is 5.38. The molecular formula is C12H15FN2O. The summed E-state index contributed by atoms with van der Waals surface area (Å²) in [4.78, 5) is 11.8. The van der Waals surface area contributed by atoms with Gasteiger partial charge < -0.3 is 11.1 Å². The Morgan fingerprint density at radius 3 is 2.75 bits per heavy atom. The maximum Gasteiger partial charge on any atom is 0.244 e. The molecule has 1 aromatic rings. The molecule has 1 fully saturated rings. The van der Waals surface area contributed by atoms with Gasteiger partial charge in [-0.25, -0.2) is 4.39 Å². The first kappa shape index (κ1) is 11.1. The van der Waals surface area contributed by atoms with E-state index in [-0.39, 0.29) is 11.7 Å². The van der Waals surface area contributed by atoms with Crippen LogP contribution in [0.3, 0.4) is 0 Å². The minimum absolute atomic E-state index is 0.215. The molecule has 0 spiro atoms. The zero-order chi connectivity index (χ0) is 11.8. The Kier molecular flexibility index (Phi) is 2.68. The van der Waals surface area contributed by atoms with Crippen molar-refractivity contribution in [3.8, 4) is 0 Å². The van der Waals surface area contributed by atoms with Crippen LogP contribution in [0.25, 0.3) is 0 Å². The Hall–Kier alpha value is -1.42. The van der Waals surface area contributed by atoms with Crippen molar-refractivity contribution in [2.45, 2.75) is 31.7 Å². The number of carbonyl (C=O) groups excluding carboxylic acids is 1. The number of rotatable bonds is 2. The van der Waals surface area contributed by atoms with Crippen molar-refractivity contribution >= 4 is 11.6 Å². The van der Waals surface area contributed by atoms with Gasteiger partial charge in [-0.05, 0) is 43.9 Å². The van der Waals surface area contributed by atoms with Gasteiger partial charge in [-0.3, -0.25) is 4.79 Å². The van der Waals surface area contributed by atoms with Crippen LogP contribution in [0, 0.1) is 12.7 Å². The third kappa shape index (κ3) is 1.93. The normalized spacial score (nSPS) is 17.7. The summed E-state index contributed by atoms with van der Waals surface area (Å²) in [6, 6.07) is 4.32. The molecule has 1 aromatic carbocycles. The third-order valence-corrected chi connectivity index (χ3v) is 3.15. The number of aryl methyl sites for hydroxylation is 1. The standard InChI is InChI=1S/C12H15FN2O/c1-8-3-4-9(13)7-10(8)15-11(16)12(14)5-2-6-12/h3-4,7H,2,5-6,14H2,1H3,(H,15,16). The van der Waals surface area contributed by atoms with Gasteiger partial charge in [0.25, 0.3) is 0 Å². The predicted molar refractivity (Wildman–Crippen MR) is 60.5 cm³/mol. The van der Waals surface area contributed by atoms with Crippen molar-refractivity contribution in [1.82, 2.24) is 0 Å². The maximum atomic E-state index is 13.0. The fraction of sp³-hybridized carbons (Fsp3) is 0.417. The molecule has 16 heavy (non-hydrogen) atoms. The molecule has 0 atom stereocenters. The number of halogens is 1. The Bertz CT molecular complexity index is 427. The number of anilines is 1. The Balaban J connectivity index is 2.14. The van der Waals surface area contributed by atoms with Crippen LogP contribution in [0.4, 0.5) is 10.1 Å². The largest absolute Gasteiger partial charge is 0.324 e. The van der Waals surface area contributed by atoms with Crippen LogP contribution < -0.4 is 11.1 Å².